The SMILES string of the molecule is NCCCNc1ncnc(Cl)c1N.[Cl-]. The molecule has 0 unspecified atom stereocenters. The number of nitrogen functional groups attached to an aromatic ring is 1. The summed E-state index contributed by atoms with van der Waals surface area (Å²) in [6.45, 7) is 1.36. The zero-order valence-corrected chi connectivity index (χ0v) is 9.02. The Balaban J connectivity index is 0.00000169. The molecular weight excluding hydrogens is 225 g/mol. The molecule has 0 atom stereocenters. The van der Waals surface area contributed by atoms with Gasteiger partial charge < -0.3 is 29.2 Å². The summed E-state index contributed by atoms with van der Waals surface area (Å²) in [5.41, 5.74) is 11.3. The maximum Gasteiger partial charge on any atom is 0.157 e. The lowest BCUT2D eigenvalue weighted by Gasteiger charge is -2.06. The van der Waals surface area contributed by atoms with Gasteiger partial charge in [0.15, 0.2) is 11.0 Å². The minimum absolute atomic E-state index is 0. The van der Waals surface area contributed by atoms with Gasteiger partial charge in [0.2, 0.25) is 0 Å². The fraction of sp³-hybridized carbons (Fsp3) is 0.429. The molecule has 1 rings (SSSR count). The summed E-state index contributed by atoms with van der Waals surface area (Å²) in [6, 6.07) is 0. The Morgan fingerprint density at radius 2 is 2.14 bits per heavy atom. The zero-order valence-electron chi connectivity index (χ0n) is 7.50. The van der Waals surface area contributed by atoms with Crippen LogP contribution in [0, 0.1) is 0 Å². The summed E-state index contributed by atoms with van der Waals surface area (Å²) in [6.07, 6.45) is 2.23. The molecule has 0 aliphatic heterocycles. The van der Waals surface area contributed by atoms with E-state index in [1.54, 1.807) is 0 Å². The second kappa shape index (κ2) is 6.64. The molecule has 0 aromatic carbocycles. The predicted octanol–water partition coefficient (Wildman–Crippen LogP) is -2.52. The van der Waals surface area contributed by atoms with Crippen LogP contribution in [0.3, 0.4) is 0 Å². The highest BCUT2D eigenvalue weighted by Gasteiger charge is 2.03. The average Bonchev–Trinajstić information content (AvgIpc) is 2.13. The molecule has 0 saturated heterocycles. The Morgan fingerprint density at radius 3 is 2.79 bits per heavy atom. The van der Waals surface area contributed by atoms with Gasteiger partial charge in [0.05, 0.1) is 0 Å². The van der Waals surface area contributed by atoms with E-state index in [0.29, 0.717) is 18.1 Å². The minimum Gasteiger partial charge on any atom is -1.00 e. The number of halogens is 2. The highest BCUT2D eigenvalue weighted by molar-refractivity contribution is 6.32. The van der Waals surface area contributed by atoms with Gasteiger partial charge in [-0.2, -0.15) is 0 Å². The van der Waals surface area contributed by atoms with Gasteiger partial charge in [0.1, 0.15) is 12.0 Å². The second-order valence-electron chi connectivity index (χ2n) is 2.50. The molecule has 0 radical (unpaired) electrons. The van der Waals surface area contributed by atoms with Crippen LogP contribution in [-0.2, 0) is 0 Å². The molecule has 0 amide bonds. The van der Waals surface area contributed by atoms with E-state index in [4.69, 9.17) is 23.1 Å². The lowest BCUT2D eigenvalue weighted by atomic mass is 10.4. The Kier molecular flexibility index (Phi) is 6.27. The van der Waals surface area contributed by atoms with E-state index in [0.717, 1.165) is 13.0 Å². The summed E-state index contributed by atoms with van der Waals surface area (Å²) < 4.78 is 0. The molecule has 0 spiro atoms. The molecule has 0 aliphatic carbocycles. The van der Waals surface area contributed by atoms with Crippen LogP contribution in [0.25, 0.3) is 0 Å². The molecule has 0 aliphatic rings. The van der Waals surface area contributed by atoms with E-state index < -0.39 is 0 Å². The van der Waals surface area contributed by atoms with Gasteiger partial charge in [-0.3, -0.25) is 0 Å². The van der Waals surface area contributed by atoms with Gasteiger partial charge in [-0.1, -0.05) is 11.6 Å². The van der Waals surface area contributed by atoms with Crippen molar-refractivity contribution in [1.82, 2.24) is 9.97 Å². The smallest absolute Gasteiger partial charge is 0.157 e. The summed E-state index contributed by atoms with van der Waals surface area (Å²) in [7, 11) is 0. The first-order valence-corrected chi connectivity index (χ1v) is 4.33. The monoisotopic (exact) mass is 236 g/mol. The summed E-state index contributed by atoms with van der Waals surface area (Å²) in [5, 5.41) is 3.28. The van der Waals surface area contributed by atoms with Crippen LogP contribution in [0.15, 0.2) is 6.33 Å². The third-order valence-corrected chi connectivity index (χ3v) is 1.81. The van der Waals surface area contributed by atoms with Crippen molar-refractivity contribution in [3.05, 3.63) is 11.5 Å². The normalized spacial score (nSPS) is 9.29. The van der Waals surface area contributed by atoms with Crippen molar-refractivity contribution in [3.63, 3.8) is 0 Å². The standard InChI is InChI=1S/C7H12ClN5.ClH/c8-6-5(10)7(13-4-12-6)11-3-1-2-9;/h4H,1-3,9-10H2,(H,11,12,13);1H/p-1. The van der Waals surface area contributed by atoms with E-state index in [1.807, 2.05) is 0 Å². The lowest BCUT2D eigenvalue weighted by Crippen LogP contribution is -3.00. The van der Waals surface area contributed by atoms with Crippen molar-refractivity contribution in [2.75, 3.05) is 24.1 Å². The fourth-order valence-corrected chi connectivity index (χ4v) is 0.957. The van der Waals surface area contributed by atoms with E-state index in [2.05, 4.69) is 15.3 Å². The quantitative estimate of drug-likeness (QED) is 0.397. The predicted molar refractivity (Wildman–Crippen MR) is 53.6 cm³/mol. The van der Waals surface area contributed by atoms with E-state index >= 15 is 0 Å². The average molecular weight is 237 g/mol. The molecule has 1 aromatic rings. The third-order valence-electron chi connectivity index (χ3n) is 1.51. The molecule has 14 heavy (non-hydrogen) atoms. The molecule has 5 N–H and O–H groups in total. The number of nitrogens with two attached hydrogens (primary N) is 2. The van der Waals surface area contributed by atoms with Crippen molar-refractivity contribution in [2.45, 2.75) is 6.42 Å². The van der Waals surface area contributed by atoms with Crippen LogP contribution in [-0.4, -0.2) is 23.1 Å². The van der Waals surface area contributed by atoms with Crippen LogP contribution in [0.1, 0.15) is 6.42 Å². The number of rotatable bonds is 4. The topological polar surface area (TPSA) is 89.8 Å². The van der Waals surface area contributed by atoms with Crippen molar-refractivity contribution in [2.24, 2.45) is 5.73 Å². The maximum absolute atomic E-state index is 5.69. The summed E-state index contributed by atoms with van der Waals surface area (Å²) in [4.78, 5) is 7.67. The number of nitrogens with one attached hydrogen (secondary N) is 1. The third kappa shape index (κ3) is 3.53. The highest BCUT2D eigenvalue weighted by atomic mass is 35.5. The van der Waals surface area contributed by atoms with Crippen LogP contribution < -0.4 is 29.2 Å². The van der Waals surface area contributed by atoms with Crippen molar-refractivity contribution in [3.8, 4) is 0 Å². The van der Waals surface area contributed by atoms with Gasteiger partial charge in [-0.25, -0.2) is 9.97 Å². The molecule has 5 nitrogen and oxygen atoms in total. The van der Waals surface area contributed by atoms with Crippen LogP contribution in [0.2, 0.25) is 5.15 Å². The molecule has 7 heteroatoms. The number of hydrogen-bond donors (Lipinski definition) is 3. The van der Waals surface area contributed by atoms with E-state index in [9.17, 15) is 0 Å². The Hall–Kier alpha value is -0.780. The molecule has 1 heterocycles. The summed E-state index contributed by atoms with van der Waals surface area (Å²) in [5.74, 6) is 0.563. The van der Waals surface area contributed by atoms with Gasteiger partial charge in [-0.05, 0) is 13.0 Å². The lowest BCUT2D eigenvalue weighted by molar-refractivity contribution is -0.00000286. The minimum atomic E-state index is 0. The molecule has 0 saturated carbocycles. The first-order chi connectivity index (χ1) is 6.25. The van der Waals surface area contributed by atoms with Crippen LogP contribution in [0.4, 0.5) is 11.5 Å². The first-order valence-electron chi connectivity index (χ1n) is 3.95. The Morgan fingerprint density at radius 1 is 1.43 bits per heavy atom. The maximum atomic E-state index is 5.69. The highest BCUT2D eigenvalue weighted by Crippen LogP contribution is 2.21. The molecule has 1 aromatic heterocycles. The second-order valence-corrected chi connectivity index (χ2v) is 2.85. The van der Waals surface area contributed by atoms with E-state index in [1.165, 1.54) is 6.33 Å². The van der Waals surface area contributed by atoms with Gasteiger partial charge in [0.25, 0.3) is 0 Å². The molecular formula is C7H12Cl2N5-. The van der Waals surface area contributed by atoms with Crippen molar-refractivity contribution >= 4 is 23.1 Å². The number of hydrogen-bond acceptors (Lipinski definition) is 5. The Labute approximate surface area is 93.7 Å². The zero-order chi connectivity index (χ0) is 9.68. The van der Waals surface area contributed by atoms with Gasteiger partial charge in [-0.15, -0.1) is 0 Å². The van der Waals surface area contributed by atoms with E-state index in [-0.39, 0.29) is 17.6 Å². The largest absolute Gasteiger partial charge is 1.00 e. The van der Waals surface area contributed by atoms with Crippen molar-refractivity contribution < 1.29 is 12.4 Å². The number of aromatic nitrogens is 2. The molecule has 0 bridgehead atoms. The van der Waals surface area contributed by atoms with Gasteiger partial charge in [0, 0.05) is 6.54 Å². The fourth-order valence-electron chi connectivity index (χ4n) is 0.824. The van der Waals surface area contributed by atoms with Crippen molar-refractivity contribution in [1.29, 1.82) is 0 Å². The number of anilines is 2. The van der Waals surface area contributed by atoms with Crippen LogP contribution in [0.5, 0.6) is 0 Å². The number of nitrogens with zero attached hydrogens (tertiary/aromatic N) is 2. The van der Waals surface area contributed by atoms with Gasteiger partial charge >= 0.3 is 0 Å². The Bertz CT molecular complexity index is 281. The molecule has 80 valence electrons. The first kappa shape index (κ1) is 13.2. The molecule has 0 fully saturated rings. The van der Waals surface area contributed by atoms with Crippen LogP contribution >= 0.6 is 11.6 Å². The summed E-state index contributed by atoms with van der Waals surface area (Å²) >= 11 is 5.69.